The third-order valence-electron chi connectivity index (χ3n) is 7.54. The summed E-state index contributed by atoms with van der Waals surface area (Å²) in [5, 5.41) is 11.9. The van der Waals surface area contributed by atoms with Crippen LogP contribution < -0.4 is 21.3 Å². The van der Waals surface area contributed by atoms with Gasteiger partial charge in [0.1, 0.15) is 0 Å². The molecule has 2 saturated heterocycles. The second-order valence-corrected chi connectivity index (χ2v) is 12.4. The molecule has 3 heterocycles. The Morgan fingerprint density at radius 1 is 0.688 bits per heavy atom. The van der Waals surface area contributed by atoms with E-state index in [1.165, 1.54) is 12.2 Å². The van der Waals surface area contributed by atoms with E-state index < -0.39 is 11.8 Å². The molecule has 0 aromatic carbocycles. The SMILES string of the molecule is O=C(CCCCC1SC[C@H]2NC(=O)N[C@@H]12)NCCOCCOCCOCCOCCOCCOCCNC(=O)CCN1C(=O)C=CC1=O. The van der Waals surface area contributed by atoms with Crippen molar-refractivity contribution >= 4 is 41.4 Å². The molecule has 0 aromatic heterocycles. The summed E-state index contributed by atoms with van der Waals surface area (Å²) in [7, 11) is 0. The number of urea groups is 1. The Morgan fingerprint density at radius 3 is 1.69 bits per heavy atom. The molecule has 3 aliphatic heterocycles. The zero-order valence-corrected chi connectivity index (χ0v) is 28.4. The highest BCUT2D eigenvalue weighted by Crippen LogP contribution is 2.33. The molecule has 272 valence electrons. The number of ether oxygens (including phenoxy) is 6. The number of unbranched alkanes of at least 4 members (excludes halogenated alkanes) is 1. The number of nitrogens with zero attached hydrogens (tertiary/aromatic N) is 1. The first-order chi connectivity index (χ1) is 23.4. The van der Waals surface area contributed by atoms with Gasteiger partial charge in [-0.15, -0.1) is 0 Å². The van der Waals surface area contributed by atoms with Crippen LogP contribution in [0.15, 0.2) is 12.2 Å². The molecular weight excluding hydrogens is 650 g/mol. The highest BCUT2D eigenvalue weighted by Gasteiger charge is 2.42. The molecule has 3 rings (SSSR count). The zero-order chi connectivity index (χ0) is 34.2. The summed E-state index contributed by atoms with van der Waals surface area (Å²) in [6, 6.07) is 0.386. The first-order valence-electron chi connectivity index (χ1n) is 16.7. The van der Waals surface area contributed by atoms with Crippen LogP contribution in [0.3, 0.4) is 0 Å². The van der Waals surface area contributed by atoms with E-state index in [0.29, 0.717) is 104 Å². The number of nitrogens with one attached hydrogen (secondary N) is 4. The van der Waals surface area contributed by atoms with Crippen molar-refractivity contribution in [3.8, 4) is 0 Å². The predicted molar refractivity (Wildman–Crippen MR) is 175 cm³/mol. The fourth-order valence-electron chi connectivity index (χ4n) is 5.04. The van der Waals surface area contributed by atoms with Gasteiger partial charge < -0.3 is 49.7 Å². The van der Waals surface area contributed by atoms with Gasteiger partial charge in [0, 0.05) is 55.6 Å². The summed E-state index contributed by atoms with van der Waals surface area (Å²) in [6.07, 6.45) is 5.73. The van der Waals surface area contributed by atoms with Crippen LogP contribution in [0.25, 0.3) is 0 Å². The Labute approximate surface area is 286 Å². The summed E-state index contributed by atoms with van der Waals surface area (Å²) in [6.45, 7) is 5.96. The van der Waals surface area contributed by atoms with Crippen molar-refractivity contribution in [1.29, 1.82) is 0 Å². The van der Waals surface area contributed by atoms with Crippen LogP contribution in [0.1, 0.15) is 32.1 Å². The lowest BCUT2D eigenvalue weighted by molar-refractivity contribution is -0.137. The normalized spacial score (nSPS) is 19.9. The molecule has 2 fully saturated rings. The Balaban J connectivity index is 0.945. The standard InChI is InChI=1S/C31H51N5O11S/c37-26(4-2-1-3-25-30-24(23-48-25)34-31(41)35-30)32-8-11-42-13-15-44-17-19-46-21-22-47-20-18-45-16-14-43-12-9-33-27(38)7-10-36-28(39)5-6-29(36)40/h5-6,24-25,30H,1-4,7-23H2,(H,32,37)(H,33,38)(H2,34,35,41)/t24-,25?,30-/m1/s1. The average molecular weight is 702 g/mol. The predicted octanol–water partition coefficient (Wildman–Crippen LogP) is -0.641. The number of carbonyl (C=O) groups is 5. The Bertz CT molecular complexity index is 1020. The second kappa shape index (κ2) is 24.4. The van der Waals surface area contributed by atoms with E-state index in [-0.39, 0.29) is 42.9 Å². The summed E-state index contributed by atoms with van der Waals surface area (Å²) >= 11 is 1.89. The van der Waals surface area contributed by atoms with Gasteiger partial charge in [-0.05, 0) is 12.8 Å². The maximum absolute atomic E-state index is 12.0. The zero-order valence-electron chi connectivity index (χ0n) is 27.6. The second-order valence-electron chi connectivity index (χ2n) is 11.2. The van der Waals surface area contributed by atoms with E-state index in [1.807, 2.05) is 11.8 Å². The number of hydrogen-bond acceptors (Lipinski definition) is 12. The van der Waals surface area contributed by atoms with Crippen molar-refractivity contribution in [2.75, 3.05) is 105 Å². The quantitative estimate of drug-likeness (QED) is 0.0439. The summed E-state index contributed by atoms with van der Waals surface area (Å²) in [4.78, 5) is 59.2. The maximum Gasteiger partial charge on any atom is 0.315 e. The van der Waals surface area contributed by atoms with Crippen LogP contribution in [0, 0.1) is 0 Å². The molecule has 0 bridgehead atoms. The average Bonchev–Trinajstić information content (AvgIpc) is 3.73. The Hall–Kier alpha value is -2.80. The molecule has 0 saturated carbocycles. The molecule has 48 heavy (non-hydrogen) atoms. The molecule has 0 aromatic rings. The number of amides is 6. The van der Waals surface area contributed by atoms with E-state index in [0.717, 1.165) is 29.9 Å². The minimum absolute atomic E-state index is 0.0311. The molecule has 0 spiro atoms. The molecule has 16 nitrogen and oxygen atoms in total. The van der Waals surface area contributed by atoms with Crippen LogP contribution in [0.4, 0.5) is 4.79 Å². The van der Waals surface area contributed by atoms with Crippen LogP contribution in [0.5, 0.6) is 0 Å². The number of imide groups is 1. The van der Waals surface area contributed by atoms with Crippen molar-refractivity contribution in [2.24, 2.45) is 0 Å². The summed E-state index contributed by atoms with van der Waals surface area (Å²) in [5.41, 5.74) is 0. The van der Waals surface area contributed by atoms with Gasteiger partial charge in [0.05, 0.1) is 91.4 Å². The molecule has 1 unspecified atom stereocenters. The van der Waals surface area contributed by atoms with Crippen molar-refractivity contribution in [2.45, 2.75) is 49.4 Å². The number of hydrogen-bond donors (Lipinski definition) is 4. The first kappa shape index (κ1) is 39.6. The van der Waals surface area contributed by atoms with Crippen LogP contribution in [-0.4, -0.2) is 157 Å². The van der Waals surface area contributed by atoms with Crippen LogP contribution in [0.2, 0.25) is 0 Å². The molecule has 0 radical (unpaired) electrons. The fraction of sp³-hybridized carbons (Fsp3) is 0.774. The fourth-order valence-corrected chi connectivity index (χ4v) is 6.59. The van der Waals surface area contributed by atoms with Crippen molar-refractivity contribution in [1.82, 2.24) is 26.2 Å². The van der Waals surface area contributed by atoms with Gasteiger partial charge in [0.2, 0.25) is 11.8 Å². The lowest BCUT2D eigenvalue weighted by Gasteiger charge is -2.16. The van der Waals surface area contributed by atoms with Crippen LogP contribution in [-0.2, 0) is 47.6 Å². The minimum Gasteiger partial charge on any atom is -0.377 e. The number of thioether (sulfide) groups is 1. The monoisotopic (exact) mass is 701 g/mol. The highest BCUT2D eigenvalue weighted by atomic mass is 32.2. The van der Waals surface area contributed by atoms with Gasteiger partial charge in [-0.25, -0.2) is 4.79 Å². The largest absolute Gasteiger partial charge is 0.377 e. The van der Waals surface area contributed by atoms with E-state index in [9.17, 15) is 24.0 Å². The summed E-state index contributed by atoms with van der Waals surface area (Å²) < 4.78 is 32.7. The van der Waals surface area contributed by atoms with Crippen molar-refractivity contribution < 1.29 is 52.4 Å². The van der Waals surface area contributed by atoms with Crippen molar-refractivity contribution in [3.63, 3.8) is 0 Å². The van der Waals surface area contributed by atoms with Gasteiger partial charge in [-0.3, -0.25) is 24.1 Å². The minimum atomic E-state index is -0.400. The topological polar surface area (TPSA) is 192 Å². The molecule has 17 heteroatoms. The van der Waals surface area contributed by atoms with Gasteiger partial charge in [0.15, 0.2) is 0 Å². The highest BCUT2D eigenvalue weighted by molar-refractivity contribution is 8.00. The van der Waals surface area contributed by atoms with Crippen molar-refractivity contribution in [3.05, 3.63) is 12.2 Å². The molecule has 3 aliphatic rings. The molecule has 3 atom stereocenters. The van der Waals surface area contributed by atoms with E-state index >= 15 is 0 Å². The number of fused-ring (bicyclic) bond motifs is 1. The molecular formula is C31H51N5O11S. The van der Waals surface area contributed by atoms with Crippen LogP contribution >= 0.6 is 11.8 Å². The van der Waals surface area contributed by atoms with E-state index in [2.05, 4.69) is 21.3 Å². The Morgan fingerprint density at radius 2 is 1.17 bits per heavy atom. The smallest absolute Gasteiger partial charge is 0.315 e. The first-order valence-corrected chi connectivity index (χ1v) is 17.7. The maximum atomic E-state index is 12.0. The lowest BCUT2D eigenvalue weighted by atomic mass is 10.0. The molecule has 4 N–H and O–H groups in total. The lowest BCUT2D eigenvalue weighted by Crippen LogP contribution is -2.36. The van der Waals surface area contributed by atoms with Gasteiger partial charge in [-0.1, -0.05) is 6.42 Å². The van der Waals surface area contributed by atoms with E-state index in [4.69, 9.17) is 28.4 Å². The molecule has 6 amide bonds. The molecule has 0 aliphatic carbocycles. The van der Waals surface area contributed by atoms with Gasteiger partial charge >= 0.3 is 6.03 Å². The summed E-state index contributed by atoms with van der Waals surface area (Å²) in [5.74, 6) is -0.0724. The third-order valence-corrected chi connectivity index (χ3v) is 9.05. The number of rotatable bonds is 29. The Kier molecular flexibility index (Phi) is 20.1. The number of carbonyl (C=O) groups excluding carboxylic acids is 5. The third kappa shape index (κ3) is 16.5. The van der Waals surface area contributed by atoms with Gasteiger partial charge in [-0.2, -0.15) is 11.8 Å². The van der Waals surface area contributed by atoms with Gasteiger partial charge in [0.25, 0.3) is 11.8 Å². The van der Waals surface area contributed by atoms with E-state index in [1.54, 1.807) is 0 Å².